The summed E-state index contributed by atoms with van der Waals surface area (Å²) in [5, 5.41) is 3.39. The van der Waals surface area contributed by atoms with Crippen molar-refractivity contribution in [3.8, 4) is 12.3 Å². The molecule has 0 radical (unpaired) electrons. The monoisotopic (exact) mass is 1190 g/mol. The largest absolute Gasteiger partial charge is 0.264 e. The smallest absolute Gasteiger partial charge is 0.0961 e. The second kappa shape index (κ2) is 32.1. The Morgan fingerprint density at radius 3 is 1.24 bits per heavy atom. The minimum atomic E-state index is 0.115. The molecule has 2 heterocycles. The molecular formula is C83H132N2S. The zero-order valence-electron chi connectivity index (χ0n) is 61.1. The molecule has 0 aliphatic heterocycles. The van der Waals surface area contributed by atoms with Gasteiger partial charge in [0.25, 0.3) is 0 Å². The standard InChI is InChI=1S/C18H28.C16H24.C16H22.C12H24.C11H17N.C10H17NS/c1-14(2)15-9-8-10-16(13-15)18(17(3,4)5)11-6-7-12-18;1-12(2)13-7-6-8-14(11-13)16(9-10-16)15(3,4)5;1-7-15(16(4,5)6)14-10-8-9-13(11-14)12(2)3;1-10(12(2,3)4)11-8-6-5-7-9-11;1-9(11(2,3)4)10-6-5-7-12-8-10;1-7-6-12-9(11-7)8(2)10(3,4)5/h8-10,13-14H,6-7,11-12H2,1-5H3;6-8,11-12H,9-10H2,1-5H3;1,8-12,15H,2-6H3;10-11H,5-9H2,1-4H3;5-9H,1-4H3;6,8H,1-5H3/t;;15-;10-;9-;8-/m..0000/s1. The first-order valence-electron chi connectivity index (χ1n) is 34.1. The number of nitrogens with zero attached hydrogens (tertiary/aromatic N) is 2. The van der Waals surface area contributed by atoms with E-state index in [4.69, 9.17) is 6.42 Å². The number of terminal acetylenes is 1. The van der Waals surface area contributed by atoms with Crippen molar-refractivity contribution in [3.05, 3.63) is 152 Å². The van der Waals surface area contributed by atoms with Gasteiger partial charge in [-0.1, -0.05) is 317 Å². The maximum Gasteiger partial charge on any atom is 0.0961 e. The molecule has 2 nitrogen and oxygen atoms in total. The van der Waals surface area contributed by atoms with E-state index in [1.807, 2.05) is 18.5 Å². The molecule has 86 heavy (non-hydrogen) atoms. The Hall–Kier alpha value is -4.00. The van der Waals surface area contributed by atoms with Gasteiger partial charge < -0.3 is 0 Å². The summed E-state index contributed by atoms with van der Waals surface area (Å²) >= 11 is 1.77. The summed E-state index contributed by atoms with van der Waals surface area (Å²) in [6.45, 7) is 64.2. The van der Waals surface area contributed by atoms with E-state index >= 15 is 0 Å². The summed E-state index contributed by atoms with van der Waals surface area (Å²) in [6, 6.07) is 31.4. The molecule has 0 amide bonds. The van der Waals surface area contributed by atoms with Crippen LogP contribution in [0, 0.1) is 63.6 Å². The average Bonchev–Trinajstić information content (AvgIpc) is 1.59. The maximum atomic E-state index is 5.67. The molecule has 2 aromatic heterocycles. The molecule has 8 rings (SSSR count). The Balaban J connectivity index is 0.000000272. The molecule has 5 aromatic rings. The van der Waals surface area contributed by atoms with Gasteiger partial charge in [0.1, 0.15) is 0 Å². The summed E-state index contributed by atoms with van der Waals surface area (Å²) in [5.41, 5.74) is 14.1. The highest BCUT2D eigenvalue weighted by atomic mass is 32.1. The van der Waals surface area contributed by atoms with Crippen molar-refractivity contribution in [1.82, 2.24) is 9.97 Å². The van der Waals surface area contributed by atoms with Gasteiger partial charge >= 0.3 is 0 Å². The Bertz CT molecular complexity index is 2750. The van der Waals surface area contributed by atoms with Crippen LogP contribution in [0.4, 0.5) is 0 Å². The van der Waals surface area contributed by atoms with Gasteiger partial charge in [-0.3, -0.25) is 4.98 Å². The lowest BCUT2D eigenvalue weighted by molar-refractivity contribution is 0.141. The molecule has 3 aliphatic carbocycles. The number of hydrogen-bond acceptors (Lipinski definition) is 3. The molecule has 4 atom stereocenters. The van der Waals surface area contributed by atoms with Crippen LogP contribution in [0.15, 0.2) is 103 Å². The molecular weight excluding hydrogens is 1060 g/mol. The van der Waals surface area contributed by atoms with Gasteiger partial charge in [0, 0.05) is 46.1 Å². The van der Waals surface area contributed by atoms with E-state index in [1.54, 1.807) is 22.5 Å². The molecule has 0 saturated heterocycles. The lowest BCUT2D eigenvalue weighted by Crippen LogP contribution is -2.37. The zero-order valence-corrected chi connectivity index (χ0v) is 61.9. The normalized spacial score (nSPS) is 17.5. The van der Waals surface area contributed by atoms with Gasteiger partial charge in [-0.05, 0) is 146 Å². The van der Waals surface area contributed by atoms with E-state index in [9.17, 15) is 0 Å². The van der Waals surface area contributed by atoms with Crippen LogP contribution in [-0.2, 0) is 10.8 Å². The number of benzene rings is 3. The van der Waals surface area contributed by atoms with Gasteiger partial charge in [-0.15, -0.1) is 17.8 Å². The van der Waals surface area contributed by atoms with Crippen LogP contribution in [0.5, 0.6) is 0 Å². The van der Waals surface area contributed by atoms with Crippen molar-refractivity contribution >= 4 is 11.3 Å². The zero-order chi connectivity index (χ0) is 65.4. The predicted molar refractivity (Wildman–Crippen MR) is 385 cm³/mol. The van der Waals surface area contributed by atoms with Crippen LogP contribution in [0.25, 0.3) is 0 Å². The fourth-order valence-corrected chi connectivity index (χ4v) is 13.9. The molecule has 3 heteroatoms. The highest BCUT2D eigenvalue weighted by Crippen LogP contribution is 2.60. The quantitative estimate of drug-likeness (QED) is 0.138. The van der Waals surface area contributed by atoms with Crippen LogP contribution in [0.3, 0.4) is 0 Å². The summed E-state index contributed by atoms with van der Waals surface area (Å²) < 4.78 is 0. The van der Waals surface area contributed by atoms with Crippen LogP contribution in [0.2, 0.25) is 0 Å². The molecule has 0 N–H and O–H groups in total. The predicted octanol–water partition coefficient (Wildman–Crippen LogP) is 26.2. The van der Waals surface area contributed by atoms with Crippen LogP contribution in [-0.4, -0.2) is 9.97 Å². The third-order valence-corrected chi connectivity index (χ3v) is 21.9. The Kier molecular flexibility index (Phi) is 28.5. The summed E-state index contributed by atoms with van der Waals surface area (Å²) in [6.07, 6.45) is 25.1. The summed E-state index contributed by atoms with van der Waals surface area (Å²) in [5.74, 6) is 7.95. The SMILES string of the molecule is C#C[C@@H](c1cccc(C(C)C)c1)C(C)(C)C.CC(C)c1cccc(C2(C(C)(C)C)CC2)c1.CC(C)c1cccc(C2(C(C)(C)C)CCCC2)c1.C[C@@H](C1CCCCC1)C(C)(C)C.C[C@@H](c1cccnc1)C(C)(C)C.Cc1csc([C@H](C)C(C)(C)C)n1. The van der Waals surface area contributed by atoms with E-state index in [1.165, 1.54) is 103 Å². The Morgan fingerprint density at radius 2 is 0.895 bits per heavy atom. The third kappa shape index (κ3) is 22.5. The van der Waals surface area contributed by atoms with E-state index in [2.05, 4.69) is 294 Å². The second-order valence-corrected chi connectivity index (χ2v) is 35.0. The van der Waals surface area contributed by atoms with Gasteiger partial charge in [0.2, 0.25) is 0 Å². The van der Waals surface area contributed by atoms with Crippen molar-refractivity contribution in [2.24, 2.45) is 44.3 Å². The first kappa shape index (κ1) is 76.2. The summed E-state index contributed by atoms with van der Waals surface area (Å²) in [4.78, 5) is 8.61. The number of aromatic nitrogens is 2. The first-order chi connectivity index (χ1) is 39.5. The molecule has 480 valence electrons. The molecule has 0 spiro atoms. The van der Waals surface area contributed by atoms with Gasteiger partial charge in [-0.2, -0.15) is 0 Å². The number of rotatable bonds is 9. The van der Waals surface area contributed by atoms with Crippen molar-refractivity contribution in [1.29, 1.82) is 0 Å². The van der Waals surface area contributed by atoms with Gasteiger partial charge in [0.05, 0.1) is 5.01 Å². The van der Waals surface area contributed by atoms with E-state index in [0.717, 1.165) is 17.5 Å². The molecule has 3 fully saturated rings. The number of thiazole rings is 1. The molecule has 0 unspecified atom stereocenters. The van der Waals surface area contributed by atoms with Crippen LogP contribution in [0.1, 0.15) is 343 Å². The summed E-state index contributed by atoms with van der Waals surface area (Å²) in [7, 11) is 0. The van der Waals surface area contributed by atoms with Gasteiger partial charge in [-0.25, -0.2) is 4.98 Å². The maximum absolute atomic E-state index is 5.67. The van der Waals surface area contributed by atoms with Crippen LogP contribution < -0.4 is 0 Å². The highest BCUT2D eigenvalue weighted by molar-refractivity contribution is 7.09. The average molecular weight is 1190 g/mol. The topological polar surface area (TPSA) is 25.8 Å². The third-order valence-electron chi connectivity index (χ3n) is 20.7. The molecule has 3 aromatic carbocycles. The van der Waals surface area contributed by atoms with E-state index < -0.39 is 0 Å². The van der Waals surface area contributed by atoms with Crippen molar-refractivity contribution in [2.45, 2.75) is 311 Å². The number of aryl methyl sites for hydroxylation is 1. The lowest BCUT2D eigenvalue weighted by Gasteiger charge is -2.43. The van der Waals surface area contributed by atoms with Crippen molar-refractivity contribution in [3.63, 3.8) is 0 Å². The molecule has 3 aliphatic rings. The molecule has 0 bridgehead atoms. The van der Waals surface area contributed by atoms with Crippen molar-refractivity contribution < 1.29 is 0 Å². The number of hydrogen-bond donors (Lipinski definition) is 0. The minimum absolute atomic E-state index is 0.115. The molecule has 3 saturated carbocycles. The fraction of sp³-hybridized carbons (Fsp3) is 0.663. The number of pyridine rings is 1. The fourth-order valence-electron chi connectivity index (χ4n) is 12.8. The minimum Gasteiger partial charge on any atom is -0.264 e. The van der Waals surface area contributed by atoms with Crippen LogP contribution >= 0.6 is 11.3 Å². The second-order valence-electron chi connectivity index (χ2n) is 34.1. The van der Waals surface area contributed by atoms with E-state index in [0.29, 0.717) is 67.5 Å². The lowest BCUT2D eigenvalue weighted by atomic mass is 9.61. The Labute approximate surface area is 538 Å². The Morgan fingerprint density at radius 1 is 0.477 bits per heavy atom. The van der Waals surface area contributed by atoms with Crippen molar-refractivity contribution in [2.75, 3.05) is 0 Å². The van der Waals surface area contributed by atoms with Gasteiger partial charge in [0.15, 0.2) is 0 Å². The highest BCUT2D eigenvalue weighted by Gasteiger charge is 2.53. The first-order valence-corrected chi connectivity index (χ1v) is 35.0. The van der Waals surface area contributed by atoms with E-state index in [-0.39, 0.29) is 11.3 Å².